The zero-order valence-electron chi connectivity index (χ0n) is 8.17. The second-order valence-corrected chi connectivity index (χ2v) is 3.04. The number of hydrogen-bond acceptors (Lipinski definition) is 2. The third-order valence-corrected chi connectivity index (χ3v) is 2.16. The molecule has 0 unspecified atom stereocenters. The number of allylic oxidation sites excluding steroid dienone is 1. The highest BCUT2D eigenvalue weighted by molar-refractivity contribution is 5.78. The fraction of sp³-hybridized carbons (Fsp3) is 0.700. The first kappa shape index (κ1) is 11.4. The van der Waals surface area contributed by atoms with Gasteiger partial charge in [-0.15, -0.1) is 6.58 Å². The van der Waals surface area contributed by atoms with Crippen LogP contribution in [0, 0.1) is 5.92 Å². The molecule has 0 aromatic carbocycles. The maximum atomic E-state index is 11.0. The van der Waals surface area contributed by atoms with E-state index in [2.05, 4.69) is 6.58 Å². The first-order chi connectivity index (χ1) is 5.63. The molecule has 0 saturated carbocycles. The monoisotopic (exact) mass is 170 g/mol. The van der Waals surface area contributed by atoms with Crippen molar-refractivity contribution in [3.63, 3.8) is 0 Å². The van der Waals surface area contributed by atoms with Gasteiger partial charge in [-0.3, -0.25) is 4.79 Å². The molecule has 0 fully saturated rings. The lowest BCUT2D eigenvalue weighted by molar-refractivity contribution is -0.124. The summed E-state index contributed by atoms with van der Waals surface area (Å²) in [5.74, 6) is 0.181. The van der Waals surface area contributed by atoms with Crippen molar-refractivity contribution in [1.29, 1.82) is 0 Å². The molecule has 0 aliphatic rings. The van der Waals surface area contributed by atoms with Gasteiger partial charge in [-0.25, -0.2) is 0 Å². The zero-order chi connectivity index (χ0) is 9.56. The molecule has 70 valence electrons. The van der Waals surface area contributed by atoms with Gasteiger partial charge in [-0.1, -0.05) is 13.0 Å². The maximum Gasteiger partial charge on any atom is 0.135 e. The van der Waals surface area contributed by atoms with E-state index in [0.29, 0.717) is 0 Å². The van der Waals surface area contributed by atoms with E-state index in [1.54, 1.807) is 14.0 Å². The summed E-state index contributed by atoms with van der Waals surface area (Å²) in [5, 5.41) is 0. The number of ketones is 1. The van der Waals surface area contributed by atoms with Crippen LogP contribution in [0.15, 0.2) is 12.7 Å². The Labute approximate surface area is 74.6 Å². The minimum atomic E-state index is -0.00468. The van der Waals surface area contributed by atoms with Crippen LogP contribution in [-0.2, 0) is 9.53 Å². The molecular weight excluding hydrogens is 152 g/mol. The van der Waals surface area contributed by atoms with E-state index in [4.69, 9.17) is 4.74 Å². The van der Waals surface area contributed by atoms with Gasteiger partial charge in [0, 0.05) is 13.0 Å². The van der Waals surface area contributed by atoms with Gasteiger partial charge in [0.1, 0.15) is 5.78 Å². The second-order valence-electron chi connectivity index (χ2n) is 3.04. The van der Waals surface area contributed by atoms with Crippen molar-refractivity contribution < 1.29 is 9.53 Å². The molecule has 0 saturated heterocycles. The predicted molar refractivity (Wildman–Crippen MR) is 50.1 cm³/mol. The standard InChI is InChI=1S/C10H18O2/c1-5-6-7-10(12-4)8(2)9(3)11/h5,8,10H,1,6-7H2,2-4H3/t8-,10-/m0/s1. The average molecular weight is 170 g/mol. The Kier molecular flexibility index (Phi) is 5.64. The van der Waals surface area contributed by atoms with Gasteiger partial charge in [0.2, 0.25) is 0 Å². The Hall–Kier alpha value is -0.630. The molecule has 0 N–H and O–H groups in total. The van der Waals surface area contributed by atoms with Crippen molar-refractivity contribution in [1.82, 2.24) is 0 Å². The predicted octanol–water partition coefficient (Wildman–Crippen LogP) is 2.19. The lowest BCUT2D eigenvalue weighted by Gasteiger charge is -2.19. The van der Waals surface area contributed by atoms with Crippen molar-refractivity contribution in [2.45, 2.75) is 32.8 Å². The van der Waals surface area contributed by atoms with Crippen LogP contribution < -0.4 is 0 Å². The molecule has 12 heavy (non-hydrogen) atoms. The molecule has 2 heteroatoms. The minimum absolute atomic E-state index is 0.00468. The SMILES string of the molecule is C=CCC[C@H](OC)[C@@H](C)C(C)=O. The number of ether oxygens (including phenoxy) is 1. The number of carbonyl (C=O) groups excluding carboxylic acids is 1. The summed E-state index contributed by atoms with van der Waals surface area (Å²) in [5.41, 5.74) is 0. The molecule has 0 radical (unpaired) electrons. The van der Waals surface area contributed by atoms with E-state index in [1.807, 2.05) is 13.0 Å². The van der Waals surface area contributed by atoms with Crippen LogP contribution in [0.5, 0.6) is 0 Å². The Morgan fingerprint density at radius 2 is 2.25 bits per heavy atom. The first-order valence-electron chi connectivity index (χ1n) is 4.27. The zero-order valence-corrected chi connectivity index (χ0v) is 8.17. The fourth-order valence-electron chi connectivity index (χ4n) is 1.12. The number of Topliss-reactive ketones (excluding diaryl/α,β-unsaturated/α-hetero) is 1. The summed E-state index contributed by atoms with van der Waals surface area (Å²) in [6, 6.07) is 0. The van der Waals surface area contributed by atoms with E-state index in [1.165, 1.54) is 0 Å². The van der Waals surface area contributed by atoms with Gasteiger partial charge in [0.15, 0.2) is 0 Å². The van der Waals surface area contributed by atoms with Gasteiger partial charge in [-0.2, -0.15) is 0 Å². The Balaban J connectivity index is 3.95. The molecule has 0 spiro atoms. The molecule has 0 rings (SSSR count). The van der Waals surface area contributed by atoms with Crippen molar-refractivity contribution in [2.24, 2.45) is 5.92 Å². The molecular formula is C10H18O2. The van der Waals surface area contributed by atoms with Crippen molar-refractivity contribution >= 4 is 5.78 Å². The van der Waals surface area contributed by atoms with Gasteiger partial charge >= 0.3 is 0 Å². The Morgan fingerprint density at radius 3 is 2.58 bits per heavy atom. The highest BCUT2D eigenvalue weighted by atomic mass is 16.5. The molecule has 2 nitrogen and oxygen atoms in total. The van der Waals surface area contributed by atoms with Crippen LogP contribution in [-0.4, -0.2) is 19.0 Å². The molecule has 0 aliphatic heterocycles. The van der Waals surface area contributed by atoms with Crippen molar-refractivity contribution in [3.8, 4) is 0 Å². The summed E-state index contributed by atoms with van der Waals surface area (Å²) in [6.07, 6.45) is 3.66. The number of carbonyl (C=O) groups is 1. The molecule has 0 aromatic rings. The fourth-order valence-corrected chi connectivity index (χ4v) is 1.12. The summed E-state index contributed by atoms with van der Waals surface area (Å²) in [4.78, 5) is 11.0. The van der Waals surface area contributed by atoms with Crippen LogP contribution in [0.3, 0.4) is 0 Å². The summed E-state index contributed by atoms with van der Waals surface area (Å²) in [6.45, 7) is 7.13. The van der Waals surface area contributed by atoms with Crippen molar-refractivity contribution in [2.75, 3.05) is 7.11 Å². The summed E-state index contributed by atoms with van der Waals surface area (Å²) in [7, 11) is 1.65. The average Bonchev–Trinajstić information content (AvgIpc) is 2.05. The molecule has 0 aromatic heterocycles. The highest BCUT2D eigenvalue weighted by Gasteiger charge is 2.19. The minimum Gasteiger partial charge on any atom is -0.381 e. The molecule has 0 aliphatic carbocycles. The Morgan fingerprint density at radius 1 is 1.67 bits per heavy atom. The van der Waals surface area contributed by atoms with Crippen LogP contribution in [0.2, 0.25) is 0 Å². The van der Waals surface area contributed by atoms with E-state index in [0.717, 1.165) is 12.8 Å². The normalized spacial score (nSPS) is 15.2. The second kappa shape index (κ2) is 5.95. The molecule has 0 heterocycles. The van der Waals surface area contributed by atoms with Gasteiger partial charge in [-0.05, 0) is 19.8 Å². The molecule has 0 bridgehead atoms. The first-order valence-corrected chi connectivity index (χ1v) is 4.27. The number of rotatable bonds is 6. The topological polar surface area (TPSA) is 26.3 Å². The summed E-state index contributed by atoms with van der Waals surface area (Å²) >= 11 is 0. The van der Waals surface area contributed by atoms with Gasteiger partial charge < -0.3 is 4.74 Å². The smallest absolute Gasteiger partial charge is 0.135 e. The maximum absolute atomic E-state index is 11.0. The highest BCUT2D eigenvalue weighted by Crippen LogP contribution is 2.13. The van der Waals surface area contributed by atoms with Crippen LogP contribution >= 0.6 is 0 Å². The third kappa shape index (κ3) is 3.67. The van der Waals surface area contributed by atoms with Crippen molar-refractivity contribution in [3.05, 3.63) is 12.7 Å². The van der Waals surface area contributed by atoms with E-state index < -0.39 is 0 Å². The summed E-state index contributed by atoms with van der Waals surface area (Å²) < 4.78 is 5.21. The van der Waals surface area contributed by atoms with Crippen LogP contribution in [0.25, 0.3) is 0 Å². The van der Waals surface area contributed by atoms with E-state index >= 15 is 0 Å². The number of hydrogen-bond donors (Lipinski definition) is 0. The molecule has 2 atom stereocenters. The largest absolute Gasteiger partial charge is 0.381 e. The quantitative estimate of drug-likeness (QED) is 0.571. The van der Waals surface area contributed by atoms with Crippen LogP contribution in [0.4, 0.5) is 0 Å². The van der Waals surface area contributed by atoms with Gasteiger partial charge in [0.25, 0.3) is 0 Å². The molecule has 0 amide bonds. The lowest BCUT2D eigenvalue weighted by atomic mass is 9.97. The van der Waals surface area contributed by atoms with Gasteiger partial charge in [0.05, 0.1) is 6.10 Å². The number of methoxy groups -OCH3 is 1. The van der Waals surface area contributed by atoms with E-state index in [9.17, 15) is 4.79 Å². The van der Waals surface area contributed by atoms with E-state index in [-0.39, 0.29) is 17.8 Å². The van der Waals surface area contributed by atoms with Crippen LogP contribution in [0.1, 0.15) is 26.7 Å². The third-order valence-electron chi connectivity index (χ3n) is 2.16. The lowest BCUT2D eigenvalue weighted by Crippen LogP contribution is -2.25. The Bertz CT molecular complexity index is 152.